The van der Waals surface area contributed by atoms with Crippen LogP contribution < -0.4 is 0 Å². The largest absolute Gasteiger partial charge is 0.254 e. The molecule has 0 fully saturated rings. The van der Waals surface area contributed by atoms with E-state index >= 15 is 0 Å². The molecular formula is C10H8FNOS2. The van der Waals surface area contributed by atoms with Gasteiger partial charge in [-0.2, -0.15) is 0 Å². The van der Waals surface area contributed by atoms with Gasteiger partial charge in [-0.15, -0.1) is 11.3 Å². The summed E-state index contributed by atoms with van der Waals surface area (Å²) in [5.74, 6) is 0.0687. The van der Waals surface area contributed by atoms with Crippen LogP contribution in [0.4, 0.5) is 4.39 Å². The van der Waals surface area contributed by atoms with Gasteiger partial charge >= 0.3 is 0 Å². The average molecular weight is 241 g/mol. The highest BCUT2D eigenvalue weighted by atomic mass is 32.2. The van der Waals surface area contributed by atoms with E-state index in [4.69, 9.17) is 0 Å². The van der Waals surface area contributed by atoms with Crippen molar-refractivity contribution < 1.29 is 8.60 Å². The lowest BCUT2D eigenvalue weighted by Crippen LogP contribution is -1.96. The molecule has 0 radical (unpaired) electrons. The number of thiazole rings is 1. The minimum absolute atomic E-state index is 0.315. The van der Waals surface area contributed by atoms with Gasteiger partial charge in [0.05, 0.1) is 27.8 Å². The molecule has 0 spiro atoms. The van der Waals surface area contributed by atoms with Gasteiger partial charge in [0.25, 0.3) is 0 Å². The Kier molecular flexibility index (Phi) is 3.23. The Bertz CT molecular complexity index is 453. The van der Waals surface area contributed by atoms with Crippen molar-refractivity contribution in [2.75, 3.05) is 0 Å². The first-order valence-electron chi connectivity index (χ1n) is 4.27. The normalized spacial score (nSPS) is 12.6. The Morgan fingerprint density at radius 3 is 2.67 bits per heavy atom. The lowest BCUT2D eigenvalue weighted by atomic mass is 10.4. The Hall–Kier alpha value is -1.07. The second-order valence-corrected chi connectivity index (χ2v) is 5.09. The summed E-state index contributed by atoms with van der Waals surface area (Å²) in [6.45, 7) is 0. The highest BCUT2D eigenvalue weighted by molar-refractivity contribution is 7.84. The molecule has 78 valence electrons. The fraction of sp³-hybridized carbons (Fsp3) is 0.100. The third-order valence-electron chi connectivity index (χ3n) is 1.84. The number of aromatic nitrogens is 1. The average Bonchev–Trinajstić information content (AvgIpc) is 2.71. The number of hydrogen-bond donors (Lipinski definition) is 0. The fourth-order valence-corrected chi connectivity index (χ4v) is 2.81. The summed E-state index contributed by atoms with van der Waals surface area (Å²) in [4.78, 5) is 4.68. The van der Waals surface area contributed by atoms with Crippen LogP contribution in [-0.2, 0) is 16.6 Å². The van der Waals surface area contributed by atoms with Crippen LogP contribution in [0.5, 0.6) is 0 Å². The topological polar surface area (TPSA) is 30.0 Å². The lowest BCUT2D eigenvalue weighted by molar-refractivity contribution is 0.626. The van der Waals surface area contributed by atoms with Crippen molar-refractivity contribution in [2.45, 2.75) is 10.6 Å². The van der Waals surface area contributed by atoms with E-state index in [9.17, 15) is 8.60 Å². The molecule has 0 bridgehead atoms. The summed E-state index contributed by atoms with van der Waals surface area (Å²) >= 11 is 1.47. The van der Waals surface area contributed by atoms with E-state index in [1.807, 2.05) is 5.38 Å². The fourth-order valence-electron chi connectivity index (χ4n) is 1.11. The Balaban J connectivity index is 2.11. The molecule has 0 N–H and O–H groups in total. The molecule has 2 nitrogen and oxygen atoms in total. The van der Waals surface area contributed by atoms with E-state index in [1.54, 1.807) is 5.51 Å². The maximum atomic E-state index is 12.6. The molecule has 2 aromatic rings. The monoisotopic (exact) mass is 241 g/mol. The van der Waals surface area contributed by atoms with Crippen molar-refractivity contribution in [1.82, 2.24) is 4.98 Å². The molecule has 0 aliphatic heterocycles. The smallest absolute Gasteiger partial charge is 0.123 e. The zero-order valence-electron chi connectivity index (χ0n) is 7.72. The first kappa shape index (κ1) is 10.4. The van der Waals surface area contributed by atoms with E-state index in [0.29, 0.717) is 10.6 Å². The van der Waals surface area contributed by atoms with Gasteiger partial charge in [-0.1, -0.05) is 0 Å². The van der Waals surface area contributed by atoms with Gasteiger partial charge < -0.3 is 0 Å². The highest BCUT2D eigenvalue weighted by Gasteiger charge is 2.06. The molecule has 0 saturated carbocycles. The number of nitrogens with zero attached hydrogens (tertiary/aromatic N) is 1. The number of halogens is 1. The molecule has 2 rings (SSSR count). The molecule has 1 aromatic heterocycles. The maximum Gasteiger partial charge on any atom is 0.123 e. The van der Waals surface area contributed by atoms with Gasteiger partial charge in [0.15, 0.2) is 0 Å². The van der Waals surface area contributed by atoms with Crippen molar-refractivity contribution in [3.63, 3.8) is 0 Å². The molecule has 15 heavy (non-hydrogen) atoms. The standard InChI is InChI=1S/C10H8FNOS2/c11-8-1-3-10(4-2-8)15(13)6-9-5-14-7-12-9/h1-5,7H,6H2. The summed E-state index contributed by atoms with van der Waals surface area (Å²) in [5.41, 5.74) is 2.51. The van der Waals surface area contributed by atoms with Crippen molar-refractivity contribution in [3.05, 3.63) is 46.7 Å². The van der Waals surface area contributed by atoms with Gasteiger partial charge in [0.2, 0.25) is 0 Å². The summed E-state index contributed by atoms with van der Waals surface area (Å²) in [7, 11) is -1.14. The summed E-state index contributed by atoms with van der Waals surface area (Å²) < 4.78 is 24.4. The summed E-state index contributed by atoms with van der Waals surface area (Å²) in [5, 5.41) is 1.86. The first-order valence-corrected chi connectivity index (χ1v) is 6.53. The van der Waals surface area contributed by atoms with E-state index in [2.05, 4.69) is 4.98 Å². The van der Waals surface area contributed by atoms with Gasteiger partial charge in [-0.3, -0.25) is 4.21 Å². The number of benzene rings is 1. The quantitative estimate of drug-likeness (QED) is 0.826. The minimum atomic E-state index is -1.14. The molecule has 5 heteroatoms. The number of rotatable bonds is 3. The van der Waals surface area contributed by atoms with E-state index < -0.39 is 10.8 Å². The molecule has 1 unspecified atom stereocenters. The van der Waals surface area contributed by atoms with Crippen LogP contribution in [0.2, 0.25) is 0 Å². The Labute approximate surface area is 93.3 Å². The first-order chi connectivity index (χ1) is 7.25. The zero-order chi connectivity index (χ0) is 10.7. The lowest BCUT2D eigenvalue weighted by Gasteiger charge is -1.99. The molecule has 0 amide bonds. The van der Waals surface area contributed by atoms with Crippen molar-refractivity contribution >= 4 is 22.1 Å². The molecule has 1 atom stereocenters. The SMILES string of the molecule is O=S(Cc1cscn1)c1ccc(F)cc1. The van der Waals surface area contributed by atoms with Gasteiger partial charge in [-0.25, -0.2) is 9.37 Å². The predicted molar refractivity (Wildman–Crippen MR) is 58.6 cm³/mol. The van der Waals surface area contributed by atoms with Gasteiger partial charge in [0, 0.05) is 10.3 Å². The van der Waals surface area contributed by atoms with Gasteiger partial charge in [-0.05, 0) is 24.3 Å². The van der Waals surface area contributed by atoms with Crippen LogP contribution in [0.1, 0.15) is 5.69 Å². The van der Waals surface area contributed by atoms with Crippen LogP contribution >= 0.6 is 11.3 Å². The van der Waals surface area contributed by atoms with Crippen LogP contribution in [0.3, 0.4) is 0 Å². The van der Waals surface area contributed by atoms with E-state index in [1.165, 1.54) is 35.6 Å². The van der Waals surface area contributed by atoms with Crippen molar-refractivity contribution in [2.24, 2.45) is 0 Å². The predicted octanol–water partition coefficient (Wildman–Crippen LogP) is 2.59. The van der Waals surface area contributed by atoms with Crippen LogP contribution in [-0.4, -0.2) is 9.19 Å². The van der Waals surface area contributed by atoms with E-state index in [-0.39, 0.29) is 5.82 Å². The minimum Gasteiger partial charge on any atom is -0.254 e. The number of hydrogen-bond acceptors (Lipinski definition) is 3. The molecule has 0 aliphatic carbocycles. The second-order valence-electron chi connectivity index (χ2n) is 2.92. The van der Waals surface area contributed by atoms with Crippen molar-refractivity contribution in [3.8, 4) is 0 Å². The third kappa shape index (κ3) is 2.70. The van der Waals surface area contributed by atoms with Gasteiger partial charge in [0.1, 0.15) is 5.82 Å². The highest BCUT2D eigenvalue weighted by Crippen LogP contribution is 2.12. The van der Waals surface area contributed by atoms with Crippen LogP contribution in [0, 0.1) is 5.82 Å². The van der Waals surface area contributed by atoms with Crippen molar-refractivity contribution in [1.29, 1.82) is 0 Å². The maximum absolute atomic E-state index is 12.6. The molecule has 1 aromatic carbocycles. The summed E-state index contributed by atoms with van der Waals surface area (Å²) in [6, 6.07) is 5.71. The van der Waals surface area contributed by atoms with E-state index in [0.717, 1.165) is 5.69 Å². The second kappa shape index (κ2) is 4.63. The molecule has 0 aliphatic rings. The van der Waals surface area contributed by atoms with Crippen LogP contribution in [0.15, 0.2) is 40.1 Å². The molecule has 1 heterocycles. The molecular weight excluding hydrogens is 233 g/mol. The third-order valence-corrected chi connectivity index (χ3v) is 3.83. The Morgan fingerprint density at radius 1 is 1.33 bits per heavy atom. The Morgan fingerprint density at radius 2 is 2.07 bits per heavy atom. The molecule has 0 saturated heterocycles. The zero-order valence-corrected chi connectivity index (χ0v) is 9.35. The van der Waals surface area contributed by atoms with Crippen LogP contribution in [0.25, 0.3) is 0 Å². The summed E-state index contributed by atoms with van der Waals surface area (Å²) in [6.07, 6.45) is 0.